The molecule has 0 amide bonds. The van der Waals surface area contributed by atoms with Gasteiger partial charge in [0.2, 0.25) is 0 Å². The first-order valence-corrected chi connectivity index (χ1v) is 9.21. The lowest BCUT2D eigenvalue weighted by Gasteiger charge is -2.30. The Bertz CT molecular complexity index is 502. The average Bonchev–Trinajstić information content (AvgIpc) is 2.51. The van der Waals surface area contributed by atoms with Crippen LogP contribution in [0.2, 0.25) is 0 Å². The summed E-state index contributed by atoms with van der Waals surface area (Å²) in [6, 6.07) is 17.8. The van der Waals surface area contributed by atoms with Crippen molar-refractivity contribution in [3.05, 3.63) is 59.7 Å². The Labute approximate surface area is 137 Å². The number of thioether (sulfide) groups is 2. The second-order valence-corrected chi connectivity index (χ2v) is 8.62. The largest absolute Gasteiger partial charge is 0.108 e. The van der Waals surface area contributed by atoms with Crippen LogP contribution < -0.4 is 0 Å². The molecule has 0 aliphatic carbocycles. The van der Waals surface area contributed by atoms with Gasteiger partial charge >= 0.3 is 0 Å². The lowest BCUT2D eigenvalue weighted by Crippen LogP contribution is -2.17. The second-order valence-electron chi connectivity index (χ2n) is 5.45. The second kappa shape index (κ2) is 7.42. The molecule has 0 saturated carbocycles. The van der Waals surface area contributed by atoms with E-state index >= 15 is 0 Å². The van der Waals surface area contributed by atoms with E-state index in [-0.39, 0.29) is 4.08 Å². The summed E-state index contributed by atoms with van der Waals surface area (Å²) < 4.78 is 0.213. The van der Waals surface area contributed by atoms with Crippen LogP contribution >= 0.6 is 23.5 Å². The van der Waals surface area contributed by atoms with E-state index in [0.29, 0.717) is 0 Å². The zero-order chi connectivity index (χ0) is 15.3. The maximum Gasteiger partial charge on any atom is 0.0699 e. The summed E-state index contributed by atoms with van der Waals surface area (Å²) >= 11 is 4.01. The van der Waals surface area contributed by atoms with Gasteiger partial charge in [0.15, 0.2) is 0 Å². The van der Waals surface area contributed by atoms with Gasteiger partial charge < -0.3 is 0 Å². The summed E-state index contributed by atoms with van der Waals surface area (Å²) in [6.07, 6.45) is 2.31. The lowest BCUT2D eigenvalue weighted by atomic mass is 10.2. The monoisotopic (exact) mass is 316 g/mol. The summed E-state index contributed by atoms with van der Waals surface area (Å²) in [4.78, 5) is 2.73. The molecule has 0 radical (unpaired) electrons. The summed E-state index contributed by atoms with van der Waals surface area (Å²) in [7, 11) is 0. The van der Waals surface area contributed by atoms with Gasteiger partial charge in [0, 0.05) is 9.79 Å². The summed E-state index contributed by atoms with van der Waals surface area (Å²) in [5, 5.41) is 0. The molecule has 0 aromatic heterocycles. The Morgan fingerprint density at radius 2 is 1.00 bits per heavy atom. The molecule has 21 heavy (non-hydrogen) atoms. The molecule has 0 nitrogen and oxygen atoms in total. The number of benzene rings is 2. The van der Waals surface area contributed by atoms with Crippen molar-refractivity contribution in [1.29, 1.82) is 0 Å². The van der Waals surface area contributed by atoms with Gasteiger partial charge in [0.1, 0.15) is 0 Å². The third-order valence-electron chi connectivity index (χ3n) is 3.73. The van der Waals surface area contributed by atoms with Gasteiger partial charge in [0.05, 0.1) is 4.08 Å². The van der Waals surface area contributed by atoms with Crippen LogP contribution in [0.25, 0.3) is 0 Å². The molecule has 0 bridgehead atoms. The topological polar surface area (TPSA) is 0 Å². The predicted octanol–water partition coefficient (Wildman–Crippen LogP) is 6.70. The number of hydrogen-bond acceptors (Lipinski definition) is 2. The van der Waals surface area contributed by atoms with Gasteiger partial charge in [-0.2, -0.15) is 0 Å². The van der Waals surface area contributed by atoms with E-state index in [9.17, 15) is 0 Å². The smallest absolute Gasteiger partial charge is 0.0699 e. The van der Waals surface area contributed by atoms with E-state index in [4.69, 9.17) is 0 Å². The fourth-order valence-corrected chi connectivity index (χ4v) is 4.93. The molecule has 0 saturated heterocycles. The van der Waals surface area contributed by atoms with Crippen molar-refractivity contribution >= 4 is 23.5 Å². The molecule has 0 N–H and O–H groups in total. The maximum atomic E-state index is 2.30. The molecular weight excluding hydrogens is 292 g/mol. The summed E-state index contributed by atoms with van der Waals surface area (Å²) in [5.74, 6) is 0. The molecule has 2 rings (SSSR count). The average molecular weight is 317 g/mol. The van der Waals surface area contributed by atoms with Crippen LogP contribution in [0.15, 0.2) is 58.3 Å². The minimum absolute atomic E-state index is 0.213. The summed E-state index contributed by atoms with van der Waals surface area (Å²) in [6.45, 7) is 8.88. The first-order chi connectivity index (χ1) is 10.1. The van der Waals surface area contributed by atoms with Crippen LogP contribution in [0.3, 0.4) is 0 Å². The van der Waals surface area contributed by atoms with Crippen LogP contribution in [0.5, 0.6) is 0 Å². The number of aryl methyl sites for hydroxylation is 2. The molecule has 0 unspecified atom stereocenters. The molecule has 0 aliphatic rings. The van der Waals surface area contributed by atoms with Crippen molar-refractivity contribution in [2.75, 3.05) is 0 Å². The van der Waals surface area contributed by atoms with Crippen molar-refractivity contribution in [3.8, 4) is 0 Å². The lowest BCUT2D eigenvalue weighted by molar-refractivity contribution is 0.738. The van der Waals surface area contributed by atoms with Crippen LogP contribution in [0.1, 0.15) is 37.8 Å². The van der Waals surface area contributed by atoms with E-state index in [0.717, 1.165) is 12.8 Å². The van der Waals surface area contributed by atoms with Crippen molar-refractivity contribution < 1.29 is 0 Å². The fourth-order valence-electron chi connectivity index (χ4n) is 2.20. The van der Waals surface area contributed by atoms with Crippen LogP contribution in [0, 0.1) is 13.8 Å². The molecule has 0 fully saturated rings. The first kappa shape index (κ1) is 16.5. The highest BCUT2D eigenvalue weighted by molar-refractivity contribution is 8.18. The third kappa shape index (κ3) is 4.55. The molecule has 2 aromatic rings. The van der Waals surface area contributed by atoms with E-state index in [1.807, 2.05) is 23.5 Å². The minimum atomic E-state index is 0.213. The van der Waals surface area contributed by atoms with Gasteiger partial charge in [-0.25, -0.2) is 0 Å². The van der Waals surface area contributed by atoms with Gasteiger partial charge in [-0.1, -0.05) is 49.2 Å². The molecule has 0 heterocycles. The Morgan fingerprint density at radius 1 is 0.667 bits per heavy atom. The SMILES string of the molecule is CCC(CC)(Sc1ccc(C)cc1)Sc1ccc(C)cc1. The molecular formula is C19H24S2. The van der Waals surface area contributed by atoms with Crippen molar-refractivity contribution in [2.45, 2.75) is 54.4 Å². The molecule has 0 atom stereocenters. The molecule has 0 aliphatic heterocycles. The van der Waals surface area contributed by atoms with Crippen LogP contribution in [-0.4, -0.2) is 4.08 Å². The maximum absolute atomic E-state index is 2.30. The van der Waals surface area contributed by atoms with Gasteiger partial charge in [-0.05, 0) is 51.0 Å². The quantitative estimate of drug-likeness (QED) is 0.429. The van der Waals surface area contributed by atoms with Gasteiger partial charge in [-0.3, -0.25) is 0 Å². The Kier molecular flexibility index (Phi) is 5.83. The summed E-state index contributed by atoms with van der Waals surface area (Å²) in [5.41, 5.74) is 2.65. The number of hydrogen-bond donors (Lipinski definition) is 0. The predicted molar refractivity (Wildman–Crippen MR) is 97.4 cm³/mol. The van der Waals surface area contributed by atoms with Crippen molar-refractivity contribution in [3.63, 3.8) is 0 Å². The normalized spacial score (nSPS) is 11.6. The molecule has 2 heteroatoms. The van der Waals surface area contributed by atoms with Crippen molar-refractivity contribution in [2.24, 2.45) is 0 Å². The van der Waals surface area contributed by atoms with Gasteiger partial charge in [-0.15, -0.1) is 23.5 Å². The third-order valence-corrected chi connectivity index (χ3v) is 7.14. The Hall–Kier alpha value is -0.860. The van der Waals surface area contributed by atoms with E-state index < -0.39 is 0 Å². The fraction of sp³-hybridized carbons (Fsp3) is 0.368. The standard InChI is InChI=1S/C19H24S2/c1-5-19(6-2,20-17-11-7-15(3)8-12-17)21-18-13-9-16(4)10-14-18/h7-14H,5-6H2,1-4H3. The highest BCUT2D eigenvalue weighted by Gasteiger charge is 2.28. The molecule has 0 spiro atoms. The molecule has 2 aromatic carbocycles. The van der Waals surface area contributed by atoms with E-state index in [1.165, 1.54) is 20.9 Å². The van der Waals surface area contributed by atoms with Crippen molar-refractivity contribution in [1.82, 2.24) is 0 Å². The molecule has 112 valence electrons. The first-order valence-electron chi connectivity index (χ1n) is 7.58. The zero-order valence-electron chi connectivity index (χ0n) is 13.3. The highest BCUT2D eigenvalue weighted by atomic mass is 32.2. The van der Waals surface area contributed by atoms with Crippen LogP contribution in [-0.2, 0) is 0 Å². The number of rotatable bonds is 6. The van der Waals surface area contributed by atoms with E-state index in [1.54, 1.807) is 0 Å². The Balaban J connectivity index is 2.19. The van der Waals surface area contributed by atoms with Gasteiger partial charge in [0.25, 0.3) is 0 Å². The highest BCUT2D eigenvalue weighted by Crippen LogP contribution is 2.50. The minimum Gasteiger partial charge on any atom is -0.108 e. The zero-order valence-corrected chi connectivity index (χ0v) is 15.0. The Morgan fingerprint density at radius 3 is 1.29 bits per heavy atom. The van der Waals surface area contributed by atoms with E-state index in [2.05, 4.69) is 76.2 Å². The van der Waals surface area contributed by atoms with Crippen LogP contribution in [0.4, 0.5) is 0 Å².